The Bertz CT molecular complexity index is 797. The zero-order valence-electron chi connectivity index (χ0n) is 16.1. The van der Waals surface area contributed by atoms with E-state index in [2.05, 4.69) is 5.32 Å². The van der Waals surface area contributed by atoms with E-state index in [0.717, 1.165) is 5.56 Å². The van der Waals surface area contributed by atoms with Gasteiger partial charge in [0, 0.05) is 20.1 Å². The molecule has 1 aliphatic rings. The monoisotopic (exact) mass is 382 g/mol. The minimum Gasteiger partial charge on any atom is -0.454 e. The van der Waals surface area contributed by atoms with E-state index >= 15 is 0 Å². The quantitative estimate of drug-likeness (QED) is 0.772. The van der Waals surface area contributed by atoms with Gasteiger partial charge in [0.2, 0.25) is 5.91 Å². The SMILES string of the molecule is CNC(=O)[C@@H]1[C@@H](OC(=O)c2ccccc2)[C@@H](O)[C@H](C)CN1Cc1ccccc1. The number of likely N-dealkylation sites (tertiary alicyclic amines) is 1. The Kier molecular flexibility index (Phi) is 6.44. The molecule has 2 aromatic rings. The summed E-state index contributed by atoms with van der Waals surface area (Å²) in [5, 5.41) is 13.4. The molecule has 1 saturated heterocycles. The Hall–Kier alpha value is -2.70. The number of aliphatic hydroxyl groups is 1. The van der Waals surface area contributed by atoms with Gasteiger partial charge in [-0.3, -0.25) is 9.69 Å². The number of hydrogen-bond donors (Lipinski definition) is 2. The second kappa shape index (κ2) is 8.99. The maximum Gasteiger partial charge on any atom is 0.338 e. The van der Waals surface area contributed by atoms with Crippen LogP contribution in [0.15, 0.2) is 60.7 Å². The summed E-state index contributed by atoms with van der Waals surface area (Å²) in [6.07, 6.45) is -1.89. The van der Waals surface area contributed by atoms with Crippen LogP contribution >= 0.6 is 0 Å². The number of piperidine rings is 1. The van der Waals surface area contributed by atoms with Gasteiger partial charge in [-0.25, -0.2) is 4.79 Å². The van der Waals surface area contributed by atoms with Crippen LogP contribution in [0.2, 0.25) is 0 Å². The Morgan fingerprint density at radius 1 is 1.11 bits per heavy atom. The van der Waals surface area contributed by atoms with Crippen LogP contribution in [0.25, 0.3) is 0 Å². The van der Waals surface area contributed by atoms with Gasteiger partial charge in [0.25, 0.3) is 0 Å². The summed E-state index contributed by atoms with van der Waals surface area (Å²) in [6.45, 7) is 2.94. The first-order chi connectivity index (χ1) is 13.5. The summed E-state index contributed by atoms with van der Waals surface area (Å²) < 4.78 is 5.67. The molecule has 4 atom stereocenters. The number of esters is 1. The van der Waals surface area contributed by atoms with E-state index in [-0.39, 0.29) is 11.8 Å². The average molecular weight is 382 g/mol. The topological polar surface area (TPSA) is 78.9 Å². The number of amides is 1. The number of rotatable bonds is 5. The Morgan fingerprint density at radius 2 is 1.71 bits per heavy atom. The maximum atomic E-state index is 12.7. The third kappa shape index (κ3) is 4.40. The third-order valence-electron chi connectivity index (χ3n) is 5.14. The molecule has 0 radical (unpaired) electrons. The van der Waals surface area contributed by atoms with Gasteiger partial charge in [-0.1, -0.05) is 55.5 Å². The number of carbonyl (C=O) groups is 2. The molecular formula is C22H26N2O4. The maximum absolute atomic E-state index is 12.7. The van der Waals surface area contributed by atoms with E-state index in [4.69, 9.17) is 4.74 Å². The molecule has 1 amide bonds. The van der Waals surface area contributed by atoms with Crippen molar-refractivity contribution in [2.75, 3.05) is 13.6 Å². The smallest absolute Gasteiger partial charge is 0.338 e. The van der Waals surface area contributed by atoms with E-state index < -0.39 is 24.2 Å². The van der Waals surface area contributed by atoms with Gasteiger partial charge in [-0.2, -0.15) is 0 Å². The number of ether oxygens (including phenoxy) is 1. The van der Waals surface area contributed by atoms with E-state index in [0.29, 0.717) is 18.7 Å². The molecule has 1 fully saturated rings. The minimum atomic E-state index is -0.958. The number of likely N-dealkylation sites (N-methyl/N-ethyl adjacent to an activating group) is 1. The van der Waals surface area contributed by atoms with Crippen LogP contribution in [0.5, 0.6) is 0 Å². The van der Waals surface area contributed by atoms with Crippen LogP contribution in [-0.2, 0) is 16.1 Å². The fraction of sp³-hybridized carbons (Fsp3) is 0.364. The van der Waals surface area contributed by atoms with Crippen molar-refractivity contribution in [3.05, 3.63) is 71.8 Å². The minimum absolute atomic E-state index is 0.154. The van der Waals surface area contributed by atoms with Crippen molar-refractivity contribution in [2.24, 2.45) is 5.92 Å². The van der Waals surface area contributed by atoms with Gasteiger partial charge in [-0.15, -0.1) is 0 Å². The lowest BCUT2D eigenvalue weighted by molar-refractivity contribution is -0.148. The van der Waals surface area contributed by atoms with E-state index in [9.17, 15) is 14.7 Å². The highest BCUT2D eigenvalue weighted by atomic mass is 16.6. The molecule has 6 nitrogen and oxygen atoms in total. The van der Waals surface area contributed by atoms with Crippen LogP contribution in [0, 0.1) is 5.92 Å². The van der Waals surface area contributed by atoms with Crippen molar-refractivity contribution in [3.8, 4) is 0 Å². The van der Waals surface area contributed by atoms with Gasteiger partial charge >= 0.3 is 5.97 Å². The molecule has 0 aliphatic carbocycles. The highest BCUT2D eigenvalue weighted by Gasteiger charge is 2.47. The van der Waals surface area contributed by atoms with E-state index in [1.807, 2.05) is 48.2 Å². The van der Waals surface area contributed by atoms with Crippen molar-refractivity contribution in [1.82, 2.24) is 10.2 Å². The lowest BCUT2D eigenvalue weighted by Crippen LogP contribution is -2.64. The molecule has 0 unspecified atom stereocenters. The molecule has 28 heavy (non-hydrogen) atoms. The van der Waals surface area contributed by atoms with Gasteiger partial charge in [0.15, 0.2) is 6.10 Å². The van der Waals surface area contributed by atoms with E-state index in [1.54, 1.807) is 31.3 Å². The molecule has 6 heteroatoms. The summed E-state index contributed by atoms with van der Waals surface area (Å²) in [5.74, 6) is -0.988. The number of nitrogens with one attached hydrogen (secondary N) is 1. The summed E-state index contributed by atoms with van der Waals surface area (Å²) in [6, 6.07) is 17.6. The number of aliphatic hydroxyl groups excluding tert-OH is 1. The van der Waals surface area contributed by atoms with E-state index in [1.165, 1.54) is 0 Å². The zero-order valence-corrected chi connectivity index (χ0v) is 16.1. The fourth-order valence-electron chi connectivity index (χ4n) is 3.65. The molecule has 2 aromatic carbocycles. The summed E-state index contributed by atoms with van der Waals surface area (Å²) >= 11 is 0. The summed E-state index contributed by atoms with van der Waals surface area (Å²) in [7, 11) is 1.55. The first kappa shape index (κ1) is 20.0. The largest absolute Gasteiger partial charge is 0.454 e. The second-order valence-electron chi connectivity index (χ2n) is 7.18. The van der Waals surface area contributed by atoms with Crippen LogP contribution in [-0.4, -0.2) is 53.7 Å². The Balaban J connectivity index is 1.87. The molecule has 3 rings (SSSR count). The standard InChI is InChI=1S/C22H26N2O4/c1-15-13-24(14-16-9-5-3-6-10-16)18(21(26)23-2)20(19(15)25)28-22(27)17-11-7-4-8-12-17/h3-12,15,18-20,25H,13-14H2,1-2H3,(H,23,26)/t15-,18+,19+,20-/m1/s1. The first-order valence-corrected chi connectivity index (χ1v) is 9.45. The zero-order chi connectivity index (χ0) is 20.1. The lowest BCUT2D eigenvalue weighted by atomic mass is 9.87. The molecule has 148 valence electrons. The van der Waals surface area contributed by atoms with Crippen LogP contribution in [0.4, 0.5) is 0 Å². The molecule has 0 bridgehead atoms. The summed E-state index contributed by atoms with van der Waals surface area (Å²) in [5.41, 5.74) is 1.44. The van der Waals surface area contributed by atoms with Crippen LogP contribution in [0.1, 0.15) is 22.8 Å². The number of benzene rings is 2. The second-order valence-corrected chi connectivity index (χ2v) is 7.18. The molecule has 1 aliphatic heterocycles. The highest BCUT2D eigenvalue weighted by molar-refractivity contribution is 5.90. The van der Waals surface area contributed by atoms with Gasteiger partial charge < -0.3 is 15.2 Å². The predicted molar refractivity (Wildman–Crippen MR) is 106 cm³/mol. The number of hydrogen-bond acceptors (Lipinski definition) is 5. The molecule has 0 aromatic heterocycles. The molecule has 0 spiro atoms. The van der Waals surface area contributed by atoms with Crippen molar-refractivity contribution >= 4 is 11.9 Å². The fourth-order valence-corrected chi connectivity index (χ4v) is 3.65. The lowest BCUT2D eigenvalue weighted by Gasteiger charge is -2.45. The Morgan fingerprint density at radius 3 is 2.32 bits per heavy atom. The molecule has 2 N–H and O–H groups in total. The Labute approximate surface area is 165 Å². The van der Waals surface area contributed by atoms with Gasteiger partial charge in [0.05, 0.1) is 11.7 Å². The molecular weight excluding hydrogens is 356 g/mol. The van der Waals surface area contributed by atoms with Crippen molar-refractivity contribution in [1.29, 1.82) is 0 Å². The van der Waals surface area contributed by atoms with Gasteiger partial charge in [-0.05, 0) is 23.6 Å². The predicted octanol–water partition coefficient (Wildman–Crippen LogP) is 1.84. The normalized spacial score (nSPS) is 25.1. The van der Waals surface area contributed by atoms with Crippen molar-refractivity contribution in [2.45, 2.75) is 31.7 Å². The average Bonchev–Trinajstić information content (AvgIpc) is 2.72. The summed E-state index contributed by atoms with van der Waals surface area (Å²) in [4.78, 5) is 27.3. The molecule has 0 saturated carbocycles. The van der Waals surface area contributed by atoms with Crippen LogP contribution < -0.4 is 5.32 Å². The van der Waals surface area contributed by atoms with Crippen molar-refractivity contribution < 1.29 is 19.4 Å². The number of nitrogens with zero attached hydrogens (tertiary/aromatic N) is 1. The third-order valence-corrected chi connectivity index (χ3v) is 5.14. The first-order valence-electron chi connectivity index (χ1n) is 9.45. The van der Waals surface area contributed by atoms with Crippen LogP contribution in [0.3, 0.4) is 0 Å². The molecule has 1 heterocycles. The van der Waals surface area contributed by atoms with Crippen molar-refractivity contribution in [3.63, 3.8) is 0 Å². The van der Waals surface area contributed by atoms with Gasteiger partial charge in [0.1, 0.15) is 6.04 Å². The highest BCUT2D eigenvalue weighted by Crippen LogP contribution is 2.28. The number of carbonyl (C=O) groups excluding carboxylic acids is 2.